The van der Waals surface area contributed by atoms with Crippen molar-refractivity contribution in [3.05, 3.63) is 95.8 Å². The van der Waals surface area contributed by atoms with Crippen LogP contribution in [0, 0.1) is 0 Å². The van der Waals surface area contributed by atoms with E-state index in [-0.39, 0.29) is 23.2 Å². The fraction of sp³-hybridized carbons (Fsp3) is 0.174. The average molecular weight is 419 g/mol. The van der Waals surface area contributed by atoms with Gasteiger partial charge in [0.1, 0.15) is 0 Å². The number of nitrogens with one attached hydrogen (secondary N) is 3. The molecule has 3 N–H and O–H groups in total. The monoisotopic (exact) mass is 418 g/mol. The number of aromatic nitrogens is 1. The molecule has 2 amide bonds. The first-order chi connectivity index (χ1) is 14.7. The molecule has 1 aliphatic rings. The zero-order chi connectivity index (χ0) is 20.8. The van der Waals surface area contributed by atoms with E-state index in [0.717, 1.165) is 11.3 Å². The first kappa shape index (κ1) is 20.1. The van der Waals surface area contributed by atoms with Crippen LogP contribution in [0.25, 0.3) is 0 Å². The Balaban J connectivity index is 1.29. The molecule has 2 heterocycles. The highest BCUT2D eigenvalue weighted by atomic mass is 32.2. The van der Waals surface area contributed by atoms with Crippen LogP contribution >= 0.6 is 11.8 Å². The summed E-state index contributed by atoms with van der Waals surface area (Å²) in [5, 5.41) is 9.40. The second kappa shape index (κ2) is 9.56. The predicted molar refractivity (Wildman–Crippen MR) is 120 cm³/mol. The highest BCUT2D eigenvalue weighted by molar-refractivity contribution is 7.99. The summed E-state index contributed by atoms with van der Waals surface area (Å²) in [6.45, 7) is 0.512. The minimum absolute atomic E-state index is 0.0757. The number of hydrogen-bond donors (Lipinski definition) is 3. The third-order valence-corrected chi connectivity index (χ3v) is 6.10. The molecule has 7 heteroatoms. The number of ketones is 1. The topological polar surface area (TPSA) is 83.1 Å². The number of carbonyl (C=O) groups is 2. The van der Waals surface area contributed by atoms with Crippen LogP contribution < -0.4 is 16.0 Å². The summed E-state index contributed by atoms with van der Waals surface area (Å²) in [5.41, 5.74) is 2.87. The number of hydrogen-bond acceptors (Lipinski definition) is 5. The summed E-state index contributed by atoms with van der Waals surface area (Å²) in [5.74, 6) is 0.828. The van der Waals surface area contributed by atoms with Crippen molar-refractivity contribution < 1.29 is 9.59 Å². The second-order valence-electron chi connectivity index (χ2n) is 6.97. The van der Waals surface area contributed by atoms with Crippen LogP contribution in [0.15, 0.2) is 79.1 Å². The highest BCUT2D eigenvalue weighted by Crippen LogP contribution is 2.31. The molecule has 0 spiro atoms. The van der Waals surface area contributed by atoms with E-state index >= 15 is 0 Å². The van der Waals surface area contributed by atoms with Gasteiger partial charge in [-0.05, 0) is 23.8 Å². The highest BCUT2D eigenvalue weighted by Gasteiger charge is 2.25. The molecule has 30 heavy (non-hydrogen) atoms. The molecule has 0 saturated carbocycles. The van der Waals surface area contributed by atoms with Crippen molar-refractivity contribution >= 4 is 29.3 Å². The molecule has 152 valence electrons. The Morgan fingerprint density at radius 2 is 1.87 bits per heavy atom. The van der Waals surface area contributed by atoms with Gasteiger partial charge in [-0.2, -0.15) is 0 Å². The van der Waals surface area contributed by atoms with Crippen LogP contribution in [-0.2, 0) is 0 Å². The summed E-state index contributed by atoms with van der Waals surface area (Å²) in [4.78, 5) is 29.1. The number of pyridine rings is 1. The van der Waals surface area contributed by atoms with Crippen molar-refractivity contribution in [1.29, 1.82) is 0 Å². The molecule has 1 aromatic heterocycles. The third kappa shape index (κ3) is 5.06. The molecule has 4 rings (SSSR count). The van der Waals surface area contributed by atoms with Crippen LogP contribution in [-0.4, -0.2) is 35.1 Å². The van der Waals surface area contributed by atoms with Gasteiger partial charge in [-0.15, -0.1) is 11.8 Å². The lowest BCUT2D eigenvalue weighted by Crippen LogP contribution is -2.41. The predicted octanol–water partition coefficient (Wildman–Crippen LogP) is 3.84. The van der Waals surface area contributed by atoms with Gasteiger partial charge < -0.3 is 10.6 Å². The lowest BCUT2D eigenvalue weighted by molar-refractivity contribution is 0.103. The zero-order valence-corrected chi connectivity index (χ0v) is 17.1. The SMILES string of the molecule is O=C(NCC1CSC(c2cccnc2)N1)Nc1cccc(C(=O)c2ccccc2)c1. The Labute approximate surface area is 179 Å². The van der Waals surface area contributed by atoms with E-state index in [1.165, 1.54) is 0 Å². The maximum atomic E-state index is 12.6. The number of thioether (sulfide) groups is 1. The molecule has 1 saturated heterocycles. The maximum Gasteiger partial charge on any atom is 0.319 e. The molecule has 0 radical (unpaired) electrons. The van der Waals surface area contributed by atoms with E-state index in [1.807, 2.05) is 36.5 Å². The van der Waals surface area contributed by atoms with Crippen LogP contribution in [0.3, 0.4) is 0 Å². The lowest BCUT2D eigenvalue weighted by atomic mass is 10.0. The van der Waals surface area contributed by atoms with Gasteiger partial charge in [0, 0.05) is 47.5 Å². The van der Waals surface area contributed by atoms with Crippen LogP contribution in [0.1, 0.15) is 26.9 Å². The van der Waals surface area contributed by atoms with Crippen molar-refractivity contribution in [1.82, 2.24) is 15.6 Å². The molecule has 1 aliphatic heterocycles. The summed E-state index contributed by atoms with van der Waals surface area (Å²) >= 11 is 1.80. The van der Waals surface area contributed by atoms with Crippen molar-refractivity contribution in [2.45, 2.75) is 11.4 Å². The van der Waals surface area contributed by atoms with Crippen molar-refractivity contribution in [2.75, 3.05) is 17.6 Å². The van der Waals surface area contributed by atoms with Crippen LogP contribution in [0.5, 0.6) is 0 Å². The molecule has 6 nitrogen and oxygen atoms in total. The van der Waals surface area contributed by atoms with E-state index in [1.54, 1.807) is 54.4 Å². The number of carbonyl (C=O) groups excluding carboxylic acids is 2. The van der Waals surface area contributed by atoms with Crippen LogP contribution in [0.4, 0.5) is 10.5 Å². The molecule has 0 aliphatic carbocycles. The number of nitrogens with zero attached hydrogens (tertiary/aromatic N) is 1. The number of urea groups is 1. The first-order valence-electron chi connectivity index (χ1n) is 9.71. The fourth-order valence-corrected chi connectivity index (χ4v) is 4.51. The van der Waals surface area contributed by atoms with Crippen LogP contribution in [0.2, 0.25) is 0 Å². The van der Waals surface area contributed by atoms with Gasteiger partial charge in [0.2, 0.25) is 0 Å². The summed E-state index contributed by atoms with van der Waals surface area (Å²) in [6.07, 6.45) is 3.62. The number of rotatable bonds is 6. The van der Waals surface area contributed by atoms with E-state index in [0.29, 0.717) is 23.4 Å². The Hall–Kier alpha value is -3.16. The fourth-order valence-electron chi connectivity index (χ4n) is 3.25. The zero-order valence-electron chi connectivity index (χ0n) is 16.2. The Bertz CT molecular complexity index is 1010. The van der Waals surface area contributed by atoms with Gasteiger partial charge in [0.05, 0.1) is 5.37 Å². The molecule has 3 aromatic rings. The minimum Gasteiger partial charge on any atom is -0.336 e. The van der Waals surface area contributed by atoms with Crippen molar-refractivity contribution in [3.63, 3.8) is 0 Å². The molecule has 0 bridgehead atoms. The van der Waals surface area contributed by atoms with Gasteiger partial charge >= 0.3 is 6.03 Å². The first-order valence-corrected chi connectivity index (χ1v) is 10.8. The standard InChI is InChI=1S/C23H22N4O2S/c28-21(16-6-2-1-3-7-16)17-8-4-10-19(12-17)27-23(29)25-14-20-15-30-22(26-20)18-9-5-11-24-13-18/h1-13,20,22,26H,14-15H2,(H2,25,27,29). The molecular formula is C23H22N4O2S. The average Bonchev–Trinajstić information content (AvgIpc) is 3.28. The molecule has 2 atom stereocenters. The molecular weight excluding hydrogens is 396 g/mol. The largest absolute Gasteiger partial charge is 0.336 e. The van der Waals surface area contributed by atoms with Gasteiger partial charge in [-0.1, -0.05) is 48.5 Å². The second-order valence-corrected chi connectivity index (χ2v) is 8.11. The van der Waals surface area contributed by atoms with E-state index < -0.39 is 0 Å². The van der Waals surface area contributed by atoms with Gasteiger partial charge in [-0.25, -0.2) is 4.79 Å². The van der Waals surface area contributed by atoms with Gasteiger partial charge in [-0.3, -0.25) is 15.1 Å². The molecule has 2 aromatic carbocycles. The van der Waals surface area contributed by atoms with E-state index in [4.69, 9.17) is 0 Å². The Morgan fingerprint density at radius 3 is 2.67 bits per heavy atom. The summed E-state index contributed by atoms with van der Waals surface area (Å²) in [6, 6.07) is 19.9. The van der Waals surface area contributed by atoms with Gasteiger partial charge in [0.15, 0.2) is 5.78 Å². The van der Waals surface area contributed by atoms with E-state index in [2.05, 4.69) is 20.9 Å². The lowest BCUT2D eigenvalue weighted by Gasteiger charge is -2.14. The van der Waals surface area contributed by atoms with Crippen molar-refractivity contribution in [3.8, 4) is 0 Å². The summed E-state index contributed by atoms with van der Waals surface area (Å²) < 4.78 is 0. The Morgan fingerprint density at radius 1 is 1.03 bits per heavy atom. The Kier molecular flexibility index (Phi) is 6.41. The maximum absolute atomic E-state index is 12.6. The number of anilines is 1. The van der Waals surface area contributed by atoms with Crippen molar-refractivity contribution in [2.24, 2.45) is 0 Å². The normalized spacial score (nSPS) is 18.0. The van der Waals surface area contributed by atoms with Gasteiger partial charge in [0.25, 0.3) is 0 Å². The molecule has 2 unspecified atom stereocenters. The summed E-state index contributed by atoms with van der Waals surface area (Å²) in [7, 11) is 0. The molecule has 1 fully saturated rings. The minimum atomic E-state index is -0.295. The third-order valence-electron chi connectivity index (χ3n) is 4.77. The smallest absolute Gasteiger partial charge is 0.319 e. The number of benzene rings is 2. The number of amides is 2. The van der Waals surface area contributed by atoms with E-state index in [9.17, 15) is 9.59 Å². The quantitative estimate of drug-likeness (QED) is 0.530.